The highest BCUT2D eigenvalue weighted by molar-refractivity contribution is 5.97. The van der Waals surface area contributed by atoms with Gasteiger partial charge >= 0.3 is 12.1 Å². The predicted molar refractivity (Wildman–Crippen MR) is 73.1 cm³/mol. The number of anilines is 1. The number of benzene rings is 1. The molecule has 0 spiro atoms. The van der Waals surface area contributed by atoms with Crippen molar-refractivity contribution in [1.82, 2.24) is 0 Å². The summed E-state index contributed by atoms with van der Waals surface area (Å²) in [6, 6.07) is 4.52. The number of nitrogens with one attached hydrogen (secondary N) is 1. The molecule has 0 aromatic heterocycles. The average Bonchev–Trinajstić information content (AvgIpc) is 3.08. The molecule has 2 aliphatic carbocycles. The lowest BCUT2D eigenvalue weighted by Crippen LogP contribution is -2.35. The summed E-state index contributed by atoms with van der Waals surface area (Å²) in [5.74, 6) is -1.51. The van der Waals surface area contributed by atoms with Gasteiger partial charge in [-0.15, -0.1) is 0 Å². The number of rotatable bonds is 2. The number of hydrogen-bond donors (Lipinski definition) is 1. The second-order valence-electron chi connectivity index (χ2n) is 6.49. The maximum absolute atomic E-state index is 12.7. The zero-order valence-electron chi connectivity index (χ0n) is 12.0. The number of hydrogen-bond acceptors (Lipinski definition) is 3. The van der Waals surface area contributed by atoms with Gasteiger partial charge in [0, 0.05) is 11.6 Å². The van der Waals surface area contributed by atoms with Crippen molar-refractivity contribution in [3.8, 4) is 0 Å². The molecule has 1 saturated heterocycles. The molecule has 4 rings (SSSR count). The number of halogens is 3. The van der Waals surface area contributed by atoms with Crippen molar-refractivity contribution in [1.29, 1.82) is 0 Å². The van der Waals surface area contributed by atoms with Gasteiger partial charge in [-0.3, -0.25) is 9.59 Å². The summed E-state index contributed by atoms with van der Waals surface area (Å²) in [4.78, 5) is 24.4. The van der Waals surface area contributed by atoms with Crippen LogP contribution >= 0.6 is 0 Å². The second kappa shape index (κ2) is 4.72. The van der Waals surface area contributed by atoms with Gasteiger partial charge in [-0.05, 0) is 37.0 Å². The summed E-state index contributed by atoms with van der Waals surface area (Å²) in [5, 5.41) is 2.54. The normalized spacial score (nSPS) is 34.6. The molecule has 1 aliphatic heterocycles. The fraction of sp³-hybridized carbons (Fsp3) is 0.500. The molecular formula is C16H14F3NO3. The standard InChI is InChI=1S/C16H14F3NO3/c17-16(18,19)8-2-1-3-9(6-8)20-14(21)12-7-4-10-11(5-7)23-15(22)13(10)12/h1-3,6-7,10-13H,4-5H2,(H,20,21)/t7-,10+,11+,12-,13+/m1/s1. The number of fused-ring (bicyclic) bond motifs is 1. The molecule has 5 atom stereocenters. The first-order valence-corrected chi connectivity index (χ1v) is 7.53. The minimum Gasteiger partial charge on any atom is -0.462 e. The van der Waals surface area contributed by atoms with Crippen LogP contribution in [0.25, 0.3) is 0 Å². The molecule has 3 aliphatic rings. The first kappa shape index (κ1) is 14.5. The highest BCUT2D eigenvalue weighted by Gasteiger charge is 2.63. The molecule has 1 N–H and O–H groups in total. The van der Waals surface area contributed by atoms with Gasteiger partial charge in [0.05, 0.1) is 17.4 Å². The van der Waals surface area contributed by atoms with E-state index in [2.05, 4.69) is 5.32 Å². The van der Waals surface area contributed by atoms with Crippen molar-refractivity contribution >= 4 is 17.6 Å². The fourth-order valence-corrected chi connectivity index (χ4v) is 4.36. The molecule has 1 amide bonds. The van der Waals surface area contributed by atoms with Gasteiger partial charge in [-0.25, -0.2) is 0 Å². The van der Waals surface area contributed by atoms with Crippen molar-refractivity contribution < 1.29 is 27.5 Å². The SMILES string of the molecule is O=C(Nc1cccc(C(F)(F)F)c1)[C@@H]1[C@@H]2C[C@@H]3[C@@H]1C(=O)O[C@H]3C2. The molecule has 0 unspecified atom stereocenters. The van der Waals surface area contributed by atoms with Crippen molar-refractivity contribution in [3.63, 3.8) is 0 Å². The van der Waals surface area contributed by atoms with E-state index in [4.69, 9.17) is 4.74 Å². The number of ether oxygens (including phenoxy) is 1. The van der Waals surface area contributed by atoms with Crippen molar-refractivity contribution in [3.05, 3.63) is 29.8 Å². The van der Waals surface area contributed by atoms with Gasteiger partial charge in [0.2, 0.25) is 5.91 Å². The van der Waals surface area contributed by atoms with E-state index in [-0.39, 0.29) is 35.5 Å². The van der Waals surface area contributed by atoms with E-state index in [0.29, 0.717) is 6.42 Å². The first-order valence-electron chi connectivity index (χ1n) is 7.53. The van der Waals surface area contributed by atoms with E-state index >= 15 is 0 Å². The molecule has 1 heterocycles. The maximum Gasteiger partial charge on any atom is 0.416 e. The topological polar surface area (TPSA) is 55.4 Å². The van der Waals surface area contributed by atoms with Crippen molar-refractivity contribution in [2.45, 2.75) is 25.1 Å². The summed E-state index contributed by atoms with van der Waals surface area (Å²) in [6.07, 6.45) is -3.08. The number of carbonyl (C=O) groups is 2. The number of carbonyl (C=O) groups excluding carboxylic acids is 2. The van der Waals surface area contributed by atoms with E-state index < -0.39 is 23.6 Å². The van der Waals surface area contributed by atoms with Crippen LogP contribution < -0.4 is 5.32 Å². The van der Waals surface area contributed by atoms with Crippen molar-refractivity contribution in [2.75, 3.05) is 5.32 Å². The van der Waals surface area contributed by atoms with E-state index in [1.54, 1.807) is 0 Å². The van der Waals surface area contributed by atoms with Crippen LogP contribution in [0.4, 0.5) is 18.9 Å². The molecular weight excluding hydrogens is 311 g/mol. The van der Waals surface area contributed by atoms with Gasteiger partial charge in [-0.1, -0.05) is 6.07 Å². The summed E-state index contributed by atoms with van der Waals surface area (Å²) < 4.78 is 43.5. The zero-order valence-corrected chi connectivity index (χ0v) is 12.0. The van der Waals surface area contributed by atoms with Crippen LogP contribution in [0.3, 0.4) is 0 Å². The molecule has 2 bridgehead atoms. The van der Waals surface area contributed by atoms with Crippen LogP contribution in [0.1, 0.15) is 18.4 Å². The van der Waals surface area contributed by atoms with Crippen LogP contribution in [0.5, 0.6) is 0 Å². The Balaban J connectivity index is 1.54. The molecule has 1 aromatic rings. The lowest BCUT2D eigenvalue weighted by Gasteiger charge is -2.23. The Bertz CT molecular complexity index is 685. The van der Waals surface area contributed by atoms with Gasteiger partial charge in [0.1, 0.15) is 6.10 Å². The summed E-state index contributed by atoms with van der Waals surface area (Å²) in [5.41, 5.74) is -0.723. The second-order valence-corrected chi connectivity index (χ2v) is 6.49. The van der Waals surface area contributed by atoms with E-state index in [9.17, 15) is 22.8 Å². The Morgan fingerprint density at radius 3 is 2.78 bits per heavy atom. The maximum atomic E-state index is 12.7. The Morgan fingerprint density at radius 1 is 1.26 bits per heavy atom. The summed E-state index contributed by atoms with van der Waals surface area (Å²) in [6.45, 7) is 0. The molecule has 1 aromatic carbocycles. The molecule has 3 fully saturated rings. The van der Waals surface area contributed by atoms with E-state index in [0.717, 1.165) is 18.6 Å². The molecule has 7 heteroatoms. The van der Waals surface area contributed by atoms with Crippen LogP contribution in [-0.2, 0) is 20.5 Å². The highest BCUT2D eigenvalue weighted by Crippen LogP contribution is 2.57. The van der Waals surface area contributed by atoms with Gasteiger partial charge in [-0.2, -0.15) is 13.2 Å². The van der Waals surface area contributed by atoms with Gasteiger partial charge in [0.25, 0.3) is 0 Å². The molecule has 23 heavy (non-hydrogen) atoms. The molecule has 4 nitrogen and oxygen atoms in total. The molecule has 2 saturated carbocycles. The highest BCUT2D eigenvalue weighted by atomic mass is 19.4. The lowest BCUT2D eigenvalue weighted by molar-refractivity contribution is -0.145. The summed E-state index contributed by atoms with van der Waals surface area (Å²) >= 11 is 0. The van der Waals surface area contributed by atoms with Gasteiger partial charge < -0.3 is 10.1 Å². The number of esters is 1. The average molecular weight is 325 g/mol. The Hall–Kier alpha value is -2.05. The molecule has 0 radical (unpaired) electrons. The monoisotopic (exact) mass is 325 g/mol. The van der Waals surface area contributed by atoms with Gasteiger partial charge in [0.15, 0.2) is 0 Å². The molecule has 122 valence electrons. The van der Waals surface area contributed by atoms with Crippen molar-refractivity contribution in [2.24, 2.45) is 23.7 Å². The van der Waals surface area contributed by atoms with E-state index in [1.165, 1.54) is 12.1 Å². The third-order valence-electron chi connectivity index (χ3n) is 5.24. The quantitative estimate of drug-likeness (QED) is 0.851. The lowest BCUT2D eigenvalue weighted by atomic mass is 9.79. The Kier molecular flexibility index (Phi) is 2.98. The first-order chi connectivity index (χ1) is 10.8. The van der Waals surface area contributed by atoms with Crippen LogP contribution in [-0.4, -0.2) is 18.0 Å². The number of amides is 1. The smallest absolute Gasteiger partial charge is 0.416 e. The minimum atomic E-state index is -4.46. The van der Waals surface area contributed by atoms with Crippen LogP contribution in [0.15, 0.2) is 24.3 Å². The third-order valence-corrected chi connectivity index (χ3v) is 5.24. The van der Waals surface area contributed by atoms with Crippen LogP contribution in [0, 0.1) is 23.7 Å². The van der Waals surface area contributed by atoms with Crippen LogP contribution in [0.2, 0.25) is 0 Å². The summed E-state index contributed by atoms with van der Waals surface area (Å²) in [7, 11) is 0. The zero-order chi connectivity index (χ0) is 16.4. The third kappa shape index (κ3) is 2.21. The fourth-order valence-electron chi connectivity index (χ4n) is 4.36. The Morgan fingerprint density at radius 2 is 2.04 bits per heavy atom. The largest absolute Gasteiger partial charge is 0.462 e. The predicted octanol–water partition coefficient (Wildman–Crippen LogP) is 2.84. The Labute approximate surface area is 130 Å². The minimum absolute atomic E-state index is 0.0740. The van der Waals surface area contributed by atoms with E-state index in [1.807, 2.05) is 0 Å². The number of alkyl halides is 3.